The highest BCUT2D eigenvalue weighted by Gasteiger charge is 2.31. The Morgan fingerprint density at radius 2 is 2.03 bits per heavy atom. The van der Waals surface area contributed by atoms with Crippen molar-refractivity contribution in [3.05, 3.63) is 48.3 Å². The van der Waals surface area contributed by atoms with Crippen LogP contribution in [0.4, 0.5) is 9.80 Å². The molecule has 0 radical (unpaired) electrons. The number of pyridine rings is 1. The van der Waals surface area contributed by atoms with E-state index in [1.807, 2.05) is 31.2 Å². The number of amides is 3. The molecule has 8 nitrogen and oxygen atoms in total. The van der Waals surface area contributed by atoms with Gasteiger partial charge in [-0.15, -0.1) is 11.3 Å². The lowest BCUT2D eigenvalue weighted by Crippen LogP contribution is -2.41. The summed E-state index contributed by atoms with van der Waals surface area (Å²) in [6.07, 6.45) is 4.57. The van der Waals surface area contributed by atoms with Crippen LogP contribution in [-0.4, -0.2) is 58.0 Å². The van der Waals surface area contributed by atoms with Gasteiger partial charge in [0.2, 0.25) is 0 Å². The Kier molecular flexibility index (Phi) is 7.24. The molecular formula is C23H26N4O4S2. The fourth-order valence-corrected chi connectivity index (χ4v) is 6.53. The Labute approximate surface area is 198 Å². The summed E-state index contributed by atoms with van der Waals surface area (Å²) in [6.45, 7) is 3.30. The van der Waals surface area contributed by atoms with Gasteiger partial charge in [0.15, 0.2) is 0 Å². The van der Waals surface area contributed by atoms with Crippen LogP contribution in [-0.2, 0) is 10.8 Å². The Morgan fingerprint density at radius 3 is 2.70 bits per heavy atom. The molecule has 3 amide bonds. The molecule has 1 aliphatic rings. The summed E-state index contributed by atoms with van der Waals surface area (Å²) in [5, 5.41) is 6.76. The van der Waals surface area contributed by atoms with Gasteiger partial charge in [-0.05, 0) is 38.0 Å². The number of aromatic nitrogens is 1. The van der Waals surface area contributed by atoms with Crippen molar-refractivity contribution in [3.63, 3.8) is 0 Å². The maximum absolute atomic E-state index is 13.6. The summed E-state index contributed by atoms with van der Waals surface area (Å²) < 4.78 is 19.2. The van der Waals surface area contributed by atoms with Gasteiger partial charge in [0.1, 0.15) is 10.8 Å². The highest BCUT2D eigenvalue weighted by atomic mass is 32.2. The topological polar surface area (TPSA) is 101 Å². The number of carbonyl (C=O) groups excluding carboxylic acids is 2. The Hall–Kier alpha value is -2.98. The van der Waals surface area contributed by atoms with E-state index in [0.717, 1.165) is 10.1 Å². The van der Waals surface area contributed by atoms with Gasteiger partial charge < -0.3 is 15.0 Å². The molecule has 0 bridgehead atoms. The summed E-state index contributed by atoms with van der Waals surface area (Å²) in [5.74, 6) is 0.507. The summed E-state index contributed by atoms with van der Waals surface area (Å²) >= 11 is 1.32. The van der Waals surface area contributed by atoms with E-state index >= 15 is 0 Å². The lowest BCUT2D eigenvalue weighted by molar-refractivity contribution is 0.0730. The SMILES string of the molecule is CCNC(=O)Nc1sc2c(OC)cccc2c1C(=O)N1CCC(S(=O)c2cccnc2)CC1. The fourth-order valence-electron chi connectivity index (χ4n) is 3.95. The zero-order valence-electron chi connectivity index (χ0n) is 18.5. The quantitative estimate of drug-likeness (QED) is 0.551. The average Bonchev–Trinajstić information content (AvgIpc) is 3.21. The number of nitrogens with one attached hydrogen (secondary N) is 2. The number of piperidine rings is 1. The van der Waals surface area contributed by atoms with E-state index in [-0.39, 0.29) is 17.2 Å². The predicted octanol–water partition coefficient (Wildman–Crippen LogP) is 3.86. The molecule has 1 fully saturated rings. The van der Waals surface area contributed by atoms with E-state index in [9.17, 15) is 13.8 Å². The van der Waals surface area contributed by atoms with Crippen LogP contribution in [0.15, 0.2) is 47.6 Å². The zero-order valence-corrected chi connectivity index (χ0v) is 20.1. The first-order chi connectivity index (χ1) is 16.0. The molecule has 3 aromatic rings. The largest absolute Gasteiger partial charge is 0.495 e. The summed E-state index contributed by atoms with van der Waals surface area (Å²) in [4.78, 5) is 32.4. The second kappa shape index (κ2) is 10.3. The minimum Gasteiger partial charge on any atom is -0.495 e. The van der Waals surface area contributed by atoms with Crippen LogP contribution < -0.4 is 15.4 Å². The zero-order chi connectivity index (χ0) is 23.4. The second-order valence-corrected chi connectivity index (χ2v) is 10.4. The van der Waals surface area contributed by atoms with Gasteiger partial charge in [0.05, 0.1) is 33.1 Å². The van der Waals surface area contributed by atoms with Gasteiger partial charge in [-0.1, -0.05) is 12.1 Å². The Bertz CT molecular complexity index is 1170. The number of carbonyl (C=O) groups is 2. The van der Waals surface area contributed by atoms with Gasteiger partial charge >= 0.3 is 6.03 Å². The van der Waals surface area contributed by atoms with E-state index in [1.54, 1.807) is 30.5 Å². The first kappa shape index (κ1) is 23.2. The van der Waals surface area contributed by atoms with E-state index in [0.29, 0.717) is 53.7 Å². The van der Waals surface area contributed by atoms with Gasteiger partial charge in [0, 0.05) is 42.7 Å². The number of methoxy groups -OCH3 is 1. The number of hydrogen-bond acceptors (Lipinski definition) is 6. The maximum atomic E-state index is 13.6. The number of hydrogen-bond donors (Lipinski definition) is 2. The molecule has 4 rings (SSSR count). The van der Waals surface area contributed by atoms with Crippen LogP contribution in [0.25, 0.3) is 10.1 Å². The van der Waals surface area contributed by atoms with Gasteiger partial charge in [0.25, 0.3) is 5.91 Å². The standard InChI is InChI=1S/C23H26N4O4S2/c1-3-25-23(29)26-21-19(17-7-4-8-18(31-2)20(17)32-21)22(28)27-12-9-15(10-13-27)33(30)16-6-5-11-24-14-16/h4-8,11,14-15H,3,9-10,12-13H2,1-2H3,(H2,25,26,29). The van der Waals surface area contributed by atoms with Gasteiger partial charge in [-0.25, -0.2) is 4.79 Å². The number of rotatable bonds is 6. The lowest BCUT2D eigenvalue weighted by atomic mass is 10.1. The van der Waals surface area contributed by atoms with Crippen molar-refractivity contribution < 1.29 is 18.5 Å². The number of thiophene rings is 1. The molecule has 1 aromatic carbocycles. The number of fused-ring (bicyclic) bond motifs is 1. The van der Waals surface area contributed by atoms with Crippen LogP contribution in [0.2, 0.25) is 0 Å². The van der Waals surface area contributed by atoms with Crippen LogP contribution in [0.5, 0.6) is 5.75 Å². The third-order valence-electron chi connectivity index (χ3n) is 5.58. The molecular weight excluding hydrogens is 460 g/mol. The number of benzene rings is 1. The number of urea groups is 1. The summed E-state index contributed by atoms with van der Waals surface area (Å²) in [7, 11) is 0.427. The molecule has 1 atom stereocenters. The Balaban J connectivity index is 1.57. The molecule has 1 saturated heterocycles. The van der Waals surface area contributed by atoms with E-state index in [1.165, 1.54) is 11.3 Å². The first-order valence-electron chi connectivity index (χ1n) is 10.8. The average molecular weight is 487 g/mol. The van der Waals surface area contributed by atoms with Gasteiger partial charge in [-0.3, -0.25) is 19.3 Å². The van der Waals surface area contributed by atoms with Crippen molar-refractivity contribution in [3.8, 4) is 5.75 Å². The summed E-state index contributed by atoms with van der Waals surface area (Å²) in [5.41, 5.74) is 0.465. The van der Waals surface area contributed by atoms with Crippen LogP contribution >= 0.6 is 11.3 Å². The van der Waals surface area contributed by atoms with Crippen molar-refractivity contribution in [2.45, 2.75) is 29.9 Å². The Morgan fingerprint density at radius 1 is 1.24 bits per heavy atom. The monoisotopic (exact) mass is 486 g/mol. The molecule has 0 saturated carbocycles. The predicted molar refractivity (Wildman–Crippen MR) is 131 cm³/mol. The van der Waals surface area contributed by atoms with Crippen molar-refractivity contribution >= 4 is 49.2 Å². The number of likely N-dealkylation sites (tertiary alicyclic amines) is 1. The van der Waals surface area contributed by atoms with Crippen molar-refractivity contribution in [1.29, 1.82) is 0 Å². The van der Waals surface area contributed by atoms with Crippen LogP contribution in [0.1, 0.15) is 30.1 Å². The molecule has 10 heteroatoms. The summed E-state index contributed by atoms with van der Waals surface area (Å²) in [6, 6.07) is 8.79. The minimum absolute atomic E-state index is 0.0227. The molecule has 1 unspecified atom stereocenters. The third kappa shape index (κ3) is 4.86. The molecule has 2 aromatic heterocycles. The van der Waals surface area contributed by atoms with E-state index in [4.69, 9.17) is 4.74 Å². The highest BCUT2D eigenvalue weighted by molar-refractivity contribution is 7.85. The number of nitrogens with zero attached hydrogens (tertiary/aromatic N) is 2. The third-order valence-corrected chi connectivity index (χ3v) is 8.49. The minimum atomic E-state index is -1.16. The normalized spacial score (nSPS) is 15.3. The fraction of sp³-hybridized carbons (Fsp3) is 0.348. The number of ether oxygens (including phenoxy) is 1. The molecule has 3 heterocycles. The smallest absolute Gasteiger partial charge is 0.319 e. The van der Waals surface area contributed by atoms with E-state index < -0.39 is 10.8 Å². The van der Waals surface area contributed by atoms with Crippen LogP contribution in [0, 0.1) is 0 Å². The van der Waals surface area contributed by atoms with Crippen LogP contribution in [0.3, 0.4) is 0 Å². The maximum Gasteiger partial charge on any atom is 0.319 e. The van der Waals surface area contributed by atoms with Crippen molar-refractivity contribution in [1.82, 2.24) is 15.2 Å². The highest BCUT2D eigenvalue weighted by Crippen LogP contribution is 2.41. The lowest BCUT2D eigenvalue weighted by Gasteiger charge is -2.31. The van der Waals surface area contributed by atoms with Crippen molar-refractivity contribution in [2.24, 2.45) is 0 Å². The molecule has 0 aliphatic carbocycles. The molecule has 33 heavy (non-hydrogen) atoms. The molecule has 2 N–H and O–H groups in total. The first-order valence-corrected chi connectivity index (χ1v) is 12.8. The molecule has 1 aliphatic heterocycles. The number of anilines is 1. The van der Waals surface area contributed by atoms with E-state index in [2.05, 4.69) is 15.6 Å². The van der Waals surface area contributed by atoms with Crippen molar-refractivity contribution in [2.75, 3.05) is 32.1 Å². The molecule has 0 spiro atoms. The second-order valence-electron chi connectivity index (χ2n) is 7.61. The van der Waals surface area contributed by atoms with Gasteiger partial charge in [-0.2, -0.15) is 0 Å². The molecule has 174 valence electrons.